The van der Waals surface area contributed by atoms with Gasteiger partial charge in [-0.2, -0.15) is 0 Å². The number of halogens is 1. The summed E-state index contributed by atoms with van der Waals surface area (Å²) < 4.78 is 26.2. The van der Waals surface area contributed by atoms with Crippen molar-refractivity contribution >= 4 is 37.1 Å². The predicted octanol–water partition coefficient (Wildman–Crippen LogP) is 3.94. The highest BCUT2D eigenvalue weighted by atomic mass is 35.7. The lowest BCUT2D eigenvalue weighted by atomic mass is 10.1. The molecule has 0 aliphatic rings. The van der Waals surface area contributed by atoms with E-state index < -0.39 is 26.2 Å². The molecule has 0 saturated carbocycles. The quantitative estimate of drug-likeness (QED) is 0.768. The normalized spacial score (nSPS) is 15.4. The SMILES string of the molecule is COC(C)(C)c1ncc(S(=O)(Cl)=NC(=O)OC(C)(C)C)s1. The fraction of sp³-hybridized carbons (Fsp3) is 0.667. The highest BCUT2D eigenvalue weighted by Gasteiger charge is 2.27. The molecule has 0 saturated heterocycles. The maximum absolute atomic E-state index is 12.3. The van der Waals surface area contributed by atoms with E-state index in [4.69, 9.17) is 20.2 Å². The molecule has 0 spiro atoms. The molecular formula is C12H19ClN2O4S2. The number of aromatic nitrogens is 1. The molecule has 0 N–H and O–H groups in total. The number of hydrogen-bond donors (Lipinski definition) is 0. The van der Waals surface area contributed by atoms with E-state index >= 15 is 0 Å². The molecule has 1 aromatic heterocycles. The first-order valence-electron chi connectivity index (χ1n) is 6.08. The zero-order chi connectivity index (χ0) is 16.5. The number of nitrogens with zero attached hydrogens (tertiary/aromatic N) is 2. The van der Waals surface area contributed by atoms with Gasteiger partial charge in [0, 0.05) is 17.8 Å². The number of rotatable bonds is 3. The fourth-order valence-corrected chi connectivity index (χ4v) is 3.73. The van der Waals surface area contributed by atoms with Gasteiger partial charge >= 0.3 is 6.09 Å². The Bertz CT molecular complexity index is 640. The molecule has 1 rings (SSSR count). The minimum atomic E-state index is -3.41. The number of carbonyl (C=O) groups is 1. The minimum absolute atomic E-state index is 0.190. The Balaban J connectivity index is 3.09. The Morgan fingerprint density at radius 3 is 2.43 bits per heavy atom. The predicted molar refractivity (Wildman–Crippen MR) is 83.1 cm³/mol. The van der Waals surface area contributed by atoms with E-state index in [2.05, 4.69) is 9.35 Å². The molecule has 9 heteroatoms. The van der Waals surface area contributed by atoms with Crippen molar-refractivity contribution in [3.8, 4) is 0 Å². The Morgan fingerprint density at radius 2 is 1.95 bits per heavy atom. The van der Waals surface area contributed by atoms with Crippen LogP contribution in [0.5, 0.6) is 0 Å². The molecule has 1 aromatic rings. The summed E-state index contributed by atoms with van der Waals surface area (Å²) in [6, 6.07) is 0. The first kappa shape index (κ1) is 18.3. The molecule has 0 radical (unpaired) electrons. The van der Waals surface area contributed by atoms with Crippen molar-refractivity contribution in [1.29, 1.82) is 0 Å². The van der Waals surface area contributed by atoms with Gasteiger partial charge in [0.1, 0.15) is 20.4 Å². The second-order valence-electron chi connectivity index (χ2n) is 5.73. The van der Waals surface area contributed by atoms with Gasteiger partial charge < -0.3 is 9.47 Å². The number of methoxy groups -OCH3 is 1. The van der Waals surface area contributed by atoms with Gasteiger partial charge in [0.2, 0.25) is 0 Å². The third-order valence-corrected chi connectivity index (χ3v) is 6.33. The van der Waals surface area contributed by atoms with Crippen LogP contribution in [0.15, 0.2) is 14.8 Å². The standard InChI is InChI=1S/C12H19ClN2O4S2/c1-11(2,3)19-10(16)15-21(13,17)8-7-14-9(20-8)12(4,5)18-6/h7H,1-6H3. The van der Waals surface area contributed by atoms with E-state index in [9.17, 15) is 9.00 Å². The van der Waals surface area contributed by atoms with Crippen molar-refractivity contribution in [2.24, 2.45) is 4.36 Å². The van der Waals surface area contributed by atoms with Crippen LogP contribution < -0.4 is 0 Å². The monoisotopic (exact) mass is 354 g/mol. The zero-order valence-electron chi connectivity index (χ0n) is 12.8. The lowest BCUT2D eigenvalue weighted by molar-refractivity contribution is 0.0190. The van der Waals surface area contributed by atoms with E-state index in [1.165, 1.54) is 6.20 Å². The third-order valence-electron chi connectivity index (χ3n) is 2.34. The van der Waals surface area contributed by atoms with Crippen LogP contribution in [-0.4, -0.2) is 28.0 Å². The molecule has 0 aliphatic carbocycles. The smallest absolute Gasteiger partial charge is 0.442 e. The van der Waals surface area contributed by atoms with E-state index in [0.29, 0.717) is 5.01 Å². The van der Waals surface area contributed by atoms with Gasteiger partial charge in [0.15, 0.2) is 8.94 Å². The molecule has 120 valence electrons. The second-order valence-corrected chi connectivity index (χ2v) is 9.81. The molecule has 0 aliphatic heterocycles. The Hall–Kier alpha value is -0.700. The minimum Gasteiger partial charge on any atom is -0.442 e. The molecule has 0 fully saturated rings. The van der Waals surface area contributed by atoms with Crippen molar-refractivity contribution in [1.82, 2.24) is 4.98 Å². The summed E-state index contributed by atoms with van der Waals surface area (Å²) in [6.07, 6.45) is 0.368. The Kier molecular flexibility index (Phi) is 5.41. The van der Waals surface area contributed by atoms with E-state index in [-0.39, 0.29) is 4.21 Å². The van der Waals surface area contributed by atoms with Crippen LogP contribution in [0.25, 0.3) is 0 Å². The number of ether oxygens (including phenoxy) is 2. The van der Waals surface area contributed by atoms with Crippen LogP contribution in [0.2, 0.25) is 0 Å². The number of carbonyl (C=O) groups excluding carboxylic acids is 1. The molecular weight excluding hydrogens is 336 g/mol. The molecule has 1 unspecified atom stereocenters. The number of hydrogen-bond acceptors (Lipinski definition) is 6. The van der Waals surface area contributed by atoms with Gasteiger partial charge in [-0.25, -0.2) is 14.0 Å². The largest absolute Gasteiger partial charge is 0.443 e. The summed E-state index contributed by atoms with van der Waals surface area (Å²) in [5, 5.41) is 0.591. The lowest BCUT2D eigenvalue weighted by Gasteiger charge is -2.19. The van der Waals surface area contributed by atoms with Crippen molar-refractivity contribution < 1.29 is 18.5 Å². The van der Waals surface area contributed by atoms with Crippen molar-refractivity contribution in [3.05, 3.63) is 11.2 Å². The van der Waals surface area contributed by atoms with E-state index in [1.807, 2.05) is 13.8 Å². The summed E-state index contributed by atoms with van der Waals surface area (Å²) in [5.41, 5.74) is -1.37. The second kappa shape index (κ2) is 6.20. The van der Waals surface area contributed by atoms with Crippen LogP contribution >= 0.6 is 22.0 Å². The molecule has 1 heterocycles. The average Bonchev–Trinajstić information content (AvgIpc) is 2.75. The third kappa shape index (κ3) is 5.21. The highest BCUT2D eigenvalue weighted by molar-refractivity contribution is 8.17. The van der Waals surface area contributed by atoms with Gasteiger partial charge in [-0.05, 0) is 34.6 Å². The molecule has 21 heavy (non-hydrogen) atoms. The van der Waals surface area contributed by atoms with Crippen LogP contribution in [0.3, 0.4) is 0 Å². The van der Waals surface area contributed by atoms with E-state index in [1.54, 1.807) is 27.9 Å². The highest BCUT2D eigenvalue weighted by Crippen LogP contribution is 2.32. The summed E-state index contributed by atoms with van der Waals surface area (Å²) in [4.78, 5) is 15.7. The van der Waals surface area contributed by atoms with Gasteiger partial charge in [0.25, 0.3) is 0 Å². The fourth-order valence-electron chi connectivity index (χ4n) is 1.16. The van der Waals surface area contributed by atoms with Gasteiger partial charge in [0.05, 0.1) is 6.20 Å². The van der Waals surface area contributed by atoms with E-state index in [0.717, 1.165) is 11.3 Å². The maximum atomic E-state index is 12.3. The van der Waals surface area contributed by atoms with Crippen LogP contribution in [-0.2, 0) is 24.0 Å². The lowest BCUT2D eigenvalue weighted by Crippen LogP contribution is -2.22. The summed E-state index contributed by atoms with van der Waals surface area (Å²) in [5.74, 6) is 0. The van der Waals surface area contributed by atoms with Crippen molar-refractivity contribution in [3.63, 3.8) is 0 Å². The van der Waals surface area contributed by atoms with Crippen molar-refractivity contribution in [2.75, 3.05) is 7.11 Å². The Morgan fingerprint density at radius 1 is 1.38 bits per heavy atom. The van der Waals surface area contributed by atoms with Gasteiger partial charge in [-0.3, -0.25) is 0 Å². The van der Waals surface area contributed by atoms with Crippen molar-refractivity contribution in [2.45, 2.75) is 50.0 Å². The van der Waals surface area contributed by atoms with Crippen LogP contribution in [0.4, 0.5) is 4.79 Å². The number of amides is 1. The first-order chi connectivity index (χ1) is 9.37. The maximum Gasteiger partial charge on any atom is 0.443 e. The molecule has 1 amide bonds. The van der Waals surface area contributed by atoms with Crippen LogP contribution in [0.1, 0.15) is 39.6 Å². The molecule has 6 nitrogen and oxygen atoms in total. The summed E-state index contributed by atoms with van der Waals surface area (Å²) >= 11 is 1.09. The summed E-state index contributed by atoms with van der Waals surface area (Å²) in [7, 11) is 4.02. The zero-order valence-corrected chi connectivity index (χ0v) is 15.2. The number of thiazole rings is 1. The summed E-state index contributed by atoms with van der Waals surface area (Å²) in [6.45, 7) is 8.68. The van der Waals surface area contributed by atoms with Gasteiger partial charge in [-0.1, -0.05) is 0 Å². The Labute approximate surface area is 133 Å². The molecule has 1 atom stereocenters. The molecule has 0 aromatic carbocycles. The van der Waals surface area contributed by atoms with Crippen LogP contribution in [0, 0.1) is 0 Å². The average molecular weight is 355 g/mol. The topological polar surface area (TPSA) is 77.9 Å². The molecule has 0 bridgehead atoms. The van der Waals surface area contributed by atoms with Gasteiger partial charge in [-0.15, -0.1) is 15.7 Å². The first-order valence-corrected chi connectivity index (χ1v) is 9.24.